The summed E-state index contributed by atoms with van der Waals surface area (Å²) < 4.78 is 0. The molecule has 2 aliphatic rings. The van der Waals surface area contributed by atoms with Crippen LogP contribution in [-0.4, -0.2) is 46.2 Å². The van der Waals surface area contributed by atoms with Gasteiger partial charge in [-0.3, -0.25) is 0 Å². The van der Waals surface area contributed by atoms with Gasteiger partial charge in [0.05, 0.1) is 5.88 Å². The first-order chi connectivity index (χ1) is 9.61. The highest BCUT2D eigenvalue weighted by molar-refractivity contribution is 7.99. The fourth-order valence-corrected chi connectivity index (χ4v) is 4.17. The zero-order chi connectivity index (χ0) is 14.5. The molecule has 6 heteroatoms. The summed E-state index contributed by atoms with van der Waals surface area (Å²) in [6, 6.07) is -0.893. The Morgan fingerprint density at radius 1 is 1.25 bits per heavy atom. The van der Waals surface area contributed by atoms with Gasteiger partial charge in [-0.1, -0.05) is 26.2 Å². The van der Waals surface area contributed by atoms with Gasteiger partial charge >= 0.3 is 12.0 Å². The molecule has 0 spiro atoms. The molecule has 0 aromatic rings. The maximum atomic E-state index is 12.1. The molecule has 1 heterocycles. The average Bonchev–Trinajstić information content (AvgIpc) is 2.95. The number of aliphatic carboxylic acids is 1. The zero-order valence-electron chi connectivity index (χ0n) is 12.0. The molecule has 2 fully saturated rings. The number of urea groups is 1. The van der Waals surface area contributed by atoms with Gasteiger partial charge in [0.1, 0.15) is 6.04 Å². The van der Waals surface area contributed by atoms with Gasteiger partial charge in [-0.15, -0.1) is 11.8 Å². The van der Waals surface area contributed by atoms with E-state index < -0.39 is 12.0 Å². The van der Waals surface area contributed by atoms with Crippen LogP contribution in [0.15, 0.2) is 0 Å². The van der Waals surface area contributed by atoms with Gasteiger partial charge < -0.3 is 15.3 Å². The number of hydrogen-bond acceptors (Lipinski definition) is 3. The van der Waals surface area contributed by atoms with Crippen molar-refractivity contribution in [3.63, 3.8) is 0 Å². The van der Waals surface area contributed by atoms with E-state index in [4.69, 9.17) is 5.11 Å². The predicted molar refractivity (Wildman–Crippen MR) is 79.7 cm³/mol. The number of carboxylic acids is 1. The molecule has 1 atom stereocenters. The summed E-state index contributed by atoms with van der Waals surface area (Å²) in [6.45, 7) is 2.92. The minimum atomic E-state index is -0.909. The second kappa shape index (κ2) is 7.20. The Labute approximate surface area is 124 Å². The Morgan fingerprint density at radius 3 is 2.50 bits per heavy atom. The summed E-state index contributed by atoms with van der Waals surface area (Å²) in [5, 5.41) is 12.0. The van der Waals surface area contributed by atoms with Gasteiger partial charge in [0, 0.05) is 12.3 Å². The lowest BCUT2D eigenvalue weighted by Gasteiger charge is -2.29. The largest absolute Gasteiger partial charge is 0.480 e. The molecule has 2 rings (SSSR count). The fraction of sp³-hybridized carbons (Fsp3) is 0.857. The summed E-state index contributed by atoms with van der Waals surface area (Å²) >= 11 is 1.50. The molecule has 0 aromatic carbocycles. The first-order valence-corrected chi connectivity index (χ1v) is 8.62. The van der Waals surface area contributed by atoms with Crippen molar-refractivity contribution in [3.8, 4) is 0 Å². The van der Waals surface area contributed by atoms with Crippen molar-refractivity contribution in [2.24, 2.45) is 11.8 Å². The predicted octanol–water partition coefficient (Wildman–Crippen LogP) is 2.37. The third-order valence-corrected chi connectivity index (χ3v) is 5.53. The quantitative estimate of drug-likeness (QED) is 0.836. The minimum absolute atomic E-state index is 0.222. The van der Waals surface area contributed by atoms with Crippen molar-refractivity contribution >= 4 is 23.8 Å². The summed E-state index contributed by atoms with van der Waals surface area (Å²) in [5.74, 6) is 1.47. The van der Waals surface area contributed by atoms with E-state index in [-0.39, 0.29) is 6.03 Å². The third-order valence-electron chi connectivity index (χ3n) is 4.51. The van der Waals surface area contributed by atoms with Crippen molar-refractivity contribution in [2.75, 3.05) is 18.2 Å². The van der Waals surface area contributed by atoms with Crippen molar-refractivity contribution in [3.05, 3.63) is 0 Å². The van der Waals surface area contributed by atoms with Crippen LogP contribution in [0.25, 0.3) is 0 Å². The van der Waals surface area contributed by atoms with E-state index in [2.05, 4.69) is 12.2 Å². The molecular formula is C14H24N2O3S. The number of nitrogens with zero attached hydrogens (tertiary/aromatic N) is 1. The SMILES string of the molecule is CCC1CCC(CNC(=O)N2CSC[C@H]2C(=O)O)CC1. The molecule has 0 unspecified atom stereocenters. The van der Waals surface area contributed by atoms with Gasteiger partial charge in [-0.2, -0.15) is 0 Å². The van der Waals surface area contributed by atoms with Crippen molar-refractivity contribution in [2.45, 2.75) is 45.1 Å². The van der Waals surface area contributed by atoms with Gasteiger partial charge in [0.15, 0.2) is 0 Å². The van der Waals surface area contributed by atoms with Crippen LogP contribution in [0.4, 0.5) is 4.79 Å². The number of carbonyl (C=O) groups is 2. The second-order valence-corrected chi connectivity index (χ2v) is 6.80. The van der Waals surface area contributed by atoms with E-state index in [0.717, 1.165) is 5.92 Å². The van der Waals surface area contributed by atoms with Crippen LogP contribution in [0.3, 0.4) is 0 Å². The van der Waals surface area contributed by atoms with Crippen LogP contribution in [-0.2, 0) is 4.79 Å². The molecule has 5 nitrogen and oxygen atoms in total. The fourth-order valence-electron chi connectivity index (χ4n) is 3.02. The lowest BCUT2D eigenvalue weighted by molar-refractivity contribution is -0.140. The smallest absolute Gasteiger partial charge is 0.327 e. The normalized spacial score (nSPS) is 30.2. The Bertz CT molecular complexity index is 356. The second-order valence-electron chi connectivity index (χ2n) is 5.80. The first kappa shape index (κ1) is 15.5. The summed E-state index contributed by atoms with van der Waals surface area (Å²) in [5.41, 5.74) is 0. The van der Waals surface area contributed by atoms with Crippen molar-refractivity contribution in [1.82, 2.24) is 10.2 Å². The highest BCUT2D eigenvalue weighted by Gasteiger charge is 2.34. The molecule has 0 radical (unpaired) electrons. The van der Waals surface area contributed by atoms with E-state index in [1.54, 1.807) is 0 Å². The Hall–Kier alpha value is -0.910. The summed E-state index contributed by atoms with van der Waals surface area (Å²) in [7, 11) is 0. The Balaban J connectivity index is 1.74. The van der Waals surface area contributed by atoms with Crippen LogP contribution in [0.5, 0.6) is 0 Å². The van der Waals surface area contributed by atoms with E-state index in [1.165, 1.54) is 48.8 Å². The van der Waals surface area contributed by atoms with Gasteiger partial charge in [-0.05, 0) is 24.7 Å². The lowest BCUT2D eigenvalue weighted by Crippen LogP contribution is -2.48. The van der Waals surface area contributed by atoms with Crippen molar-refractivity contribution < 1.29 is 14.7 Å². The van der Waals surface area contributed by atoms with Crippen LogP contribution in [0, 0.1) is 11.8 Å². The summed E-state index contributed by atoms with van der Waals surface area (Å²) in [4.78, 5) is 24.6. The monoisotopic (exact) mass is 300 g/mol. The maximum absolute atomic E-state index is 12.1. The van der Waals surface area contributed by atoms with Crippen molar-refractivity contribution in [1.29, 1.82) is 0 Å². The molecule has 20 heavy (non-hydrogen) atoms. The Morgan fingerprint density at radius 2 is 1.90 bits per heavy atom. The van der Waals surface area contributed by atoms with Gasteiger partial charge in [0.25, 0.3) is 0 Å². The zero-order valence-corrected chi connectivity index (χ0v) is 12.8. The van der Waals surface area contributed by atoms with Crippen LogP contribution >= 0.6 is 11.8 Å². The lowest BCUT2D eigenvalue weighted by atomic mass is 9.81. The van der Waals surface area contributed by atoms with Crippen LogP contribution in [0.2, 0.25) is 0 Å². The highest BCUT2D eigenvalue weighted by atomic mass is 32.2. The van der Waals surface area contributed by atoms with Gasteiger partial charge in [-0.25, -0.2) is 9.59 Å². The number of rotatable bonds is 4. The molecule has 114 valence electrons. The van der Waals surface area contributed by atoms with E-state index in [1.807, 2.05) is 0 Å². The molecule has 1 saturated heterocycles. The Kier molecular flexibility index (Phi) is 5.57. The number of hydrogen-bond donors (Lipinski definition) is 2. The molecule has 2 N–H and O–H groups in total. The maximum Gasteiger partial charge on any atom is 0.327 e. The van der Waals surface area contributed by atoms with Crippen LogP contribution < -0.4 is 5.32 Å². The third kappa shape index (κ3) is 3.81. The number of nitrogens with one attached hydrogen (secondary N) is 1. The van der Waals surface area contributed by atoms with Gasteiger partial charge in [0.2, 0.25) is 0 Å². The van der Waals surface area contributed by atoms with E-state index >= 15 is 0 Å². The molecule has 0 aromatic heterocycles. The number of carboxylic acid groups (broad SMARTS) is 1. The molecule has 1 aliphatic carbocycles. The number of thioether (sulfide) groups is 1. The average molecular weight is 300 g/mol. The number of amides is 2. The summed E-state index contributed by atoms with van der Waals surface area (Å²) in [6.07, 6.45) is 6.12. The van der Waals surface area contributed by atoms with Crippen LogP contribution in [0.1, 0.15) is 39.0 Å². The standard InChI is InChI=1S/C14H24N2O3S/c1-2-10-3-5-11(6-4-10)7-15-14(19)16-9-20-8-12(16)13(17)18/h10-12H,2-9H2,1H3,(H,15,19)(H,17,18)/t10?,11?,12-/m0/s1. The molecule has 2 amide bonds. The highest BCUT2D eigenvalue weighted by Crippen LogP contribution is 2.30. The molecule has 1 saturated carbocycles. The molecular weight excluding hydrogens is 276 g/mol. The first-order valence-electron chi connectivity index (χ1n) is 7.46. The molecule has 0 bridgehead atoms. The number of carbonyl (C=O) groups excluding carboxylic acids is 1. The molecule has 1 aliphatic heterocycles. The van der Waals surface area contributed by atoms with E-state index in [0.29, 0.717) is 24.1 Å². The topological polar surface area (TPSA) is 69.6 Å². The van der Waals surface area contributed by atoms with E-state index in [9.17, 15) is 9.59 Å². The minimum Gasteiger partial charge on any atom is -0.480 e.